The Morgan fingerprint density at radius 1 is 1.19 bits per heavy atom. The lowest BCUT2D eigenvalue weighted by Gasteiger charge is -2.21. The minimum absolute atomic E-state index is 0.120. The number of aliphatic hydroxyl groups excluding tert-OH is 1. The van der Waals surface area contributed by atoms with Gasteiger partial charge in [-0.2, -0.15) is 0 Å². The molecule has 2 fully saturated rings. The third-order valence-electron chi connectivity index (χ3n) is 6.26. The average molecular weight is 425 g/mol. The average Bonchev–Trinajstić information content (AvgIpc) is 3.37. The van der Waals surface area contributed by atoms with Crippen LogP contribution >= 0.6 is 0 Å². The van der Waals surface area contributed by atoms with E-state index in [4.69, 9.17) is 9.47 Å². The van der Waals surface area contributed by atoms with E-state index < -0.39 is 6.10 Å². The summed E-state index contributed by atoms with van der Waals surface area (Å²) >= 11 is 0. The molecule has 1 aliphatic heterocycles. The molecule has 1 aromatic carbocycles. The number of hydrogen-bond donors (Lipinski definition) is 1. The van der Waals surface area contributed by atoms with Crippen molar-refractivity contribution in [3.05, 3.63) is 48.2 Å². The molecule has 0 amide bonds. The predicted octanol–water partition coefficient (Wildman–Crippen LogP) is 4.11. The van der Waals surface area contributed by atoms with E-state index in [1.54, 1.807) is 13.1 Å². The largest absolute Gasteiger partial charge is 0.489 e. The highest BCUT2D eigenvalue weighted by molar-refractivity contribution is 5.76. The number of benzene rings is 1. The molecule has 0 bridgehead atoms. The number of rotatable bonds is 8. The van der Waals surface area contributed by atoms with Gasteiger partial charge < -0.3 is 24.3 Å². The maximum atomic E-state index is 11.3. The van der Waals surface area contributed by atoms with Crippen molar-refractivity contribution >= 4 is 11.5 Å². The summed E-state index contributed by atoms with van der Waals surface area (Å²) in [6.07, 6.45) is 5.51. The molecule has 4 atom stereocenters. The zero-order valence-electron chi connectivity index (χ0n) is 18.4. The van der Waals surface area contributed by atoms with E-state index >= 15 is 0 Å². The van der Waals surface area contributed by atoms with Gasteiger partial charge in [0.1, 0.15) is 23.7 Å². The van der Waals surface area contributed by atoms with Gasteiger partial charge in [0.2, 0.25) is 5.88 Å². The molecule has 4 rings (SSSR count). The lowest BCUT2D eigenvalue weighted by molar-refractivity contribution is -0.117. The molecule has 2 aliphatic rings. The summed E-state index contributed by atoms with van der Waals surface area (Å²) in [5, 5.41) is 10.00. The van der Waals surface area contributed by atoms with Crippen LogP contribution < -0.4 is 14.4 Å². The van der Waals surface area contributed by atoms with Crippen LogP contribution in [0.5, 0.6) is 11.6 Å². The Morgan fingerprint density at radius 2 is 2.00 bits per heavy atom. The number of nitrogens with zero attached hydrogens (tertiary/aromatic N) is 2. The summed E-state index contributed by atoms with van der Waals surface area (Å²) in [4.78, 5) is 18.0. The molecule has 2 aromatic rings. The summed E-state index contributed by atoms with van der Waals surface area (Å²) in [7, 11) is 0. The van der Waals surface area contributed by atoms with E-state index in [1.165, 1.54) is 0 Å². The predicted molar refractivity (Wildman–Crippen MR) is 120 cm³/mol. The van der Waals surface area contributed by atoms with Crippen molar-refractivity contribution in [2.45, 2.75) is 70.2 Å². The van der Waals surface area contributed by atoms with Crippen LogP contribution in [0, 0.1) is 0 Å². The maximum absolute atomic E-state index is 11.3. The Labute approximate surface area is 184 Å². The van der Waals surface area contributed by atoms with Crippen LogP contribution in [0.3, 0.4) is 0 Å². The first-order valence-corrected chi connectivity index (χ1v) is 11.3. The Hall–Kier alpha value is -2.60. The van der Waals surface area contributed by atoms with E-state index in [9.17, 15) is 9.90 Å². The van der Waals surface area contributed by atoms with E-state index in [-0.39, 0.29) is 23.9 Å². The van der Waals surface area contributed by atoms with Crippen LogP contribution in [0.4, 0.5) is 5.69 Å². The molecular weight excluding hydrogens is 392 g/mol. The second kappa shape index (κ2) is 9.69. The van der Waals surface area contributed by atoms with Crippen LogP contribution in [-0.4, -0.2) is 47.3 Å². The van der Waals surface area contributed by atoms with Gasteiger partial charge in [-0.1, -0.05) is 19.1 Å². The topological polar surface area (TPSA) is 71.9 Å². The number of carbonyl (C=O) groups is 1. The molecule has 1 aromatic heterocycles. The first-order chi connectivity index (χ1) is 15.0. The molecule has 1 saturated heterocycles. The highest BCUT2D eigenvalue weighted by Crippen LogP contribution is 2.29. The zero-order chi connectivity index (χ0) is 21.8. The van der Waals surface area contributed by atoms with Gasteiger partial charge in [-0.25, -0.2) is 4.98 Å². The summed E-state index contributed by atoms with van der Waals surface area (Å²) in [6, 6.07) is 12.1. The lowest BCUT2D eigenvalue weighted by Crippen LogP contribution is -2.27. The minimum atomic E-state index is -0.396. The molecule has 0 unspecified atom stereocenters. The smallest absolute Gasteiger partial charge is 0.215 e. The fourth-order valence-electron chi connectivity index (χ4n) is 4.53. The van der Waals surface area contributed by atoms with Crippen LogP contribution in [-0.2, 0) is 4.79 Å². The van der Waals surface area contributed by atoms with Crippen molar-refractivity contribution in [3.8, 4) is 11.6 Å². The van der Waals surface area contributed by atoms with Crippen molar-refractivity contribution in [1.82, 2.24) is 4.98 Å². The van der Waals surface area contributed by atoms with Gasteiger partial charge in [-0.3, -0.25) is 0 Å². The quantitative estimate of drug-likeness (QED) is 0.688. The number of aromatic nitrogens is 1. The summed E-state index contributed by atoms with van der Waals surface area (Å²) in [6.45, 7) is 5.42. The normalized spacial score (nSPS) is 24.2. The first kappa shape index (κ1) is 21.6. The fourth-order valence-corrected chi connectivity index (χ4v) is 4.53. The summed E-state index contributed by atoms with van der Waals surface area (Å²) < 4.78 is 12.1. The van der Waals surface area contributed by atoms with Crippen LogP contribution in [0.25, 0.3) is 0 Å². The lowest BCUT2D eigenvalue weighted by atomic mass is 9.96. The summed E-state index contributed by atoms with van der Waals surface area (Å²) in [5.41, 5.74) is 2.23. The zero-order valence-corrected chi connectivity index (χ0v) is 18.4. The fraction of sp³-hybridized carbons (Fsp3) is 0.520. The van der Waals surface area contributed by atoms with E-state index in [0.29, 0.717) is 12.3 Å². The number of Topliss-reactive ketones (excluding diaryl/α,β-unsaturated/α-hetero) is 1. The van der Waals surface area contributed by atoms with Crippen LogP contribution in [0.15, 0.2) is 42.6 Å². The van der Waals surface area contributed by atoms with Crippen molar-refractivity contribution in [1.29, 1.82) is 0 Å². The van der Waals surface area contributed by atoms with Gasteiger partial charge in [0.25, 0.3) is 0 Å². The Balaban J connectivity index is 1.32. The number of hydrogen-bond acceptors (Lipinski definition) is 6. The summed E-state index contributed by atoms with van der Waals surface area (Å²) in [5.74, 6) is 1.87. The number of aliphatic hydroxyl groups is 1. The minimum Gasteiger partial charge on any atom is -0.489 e. The Bertz CT molecular complexity index is 885. The molecule has 6 nitrogen and oxygen atoms in total. The van der Waals surface area contributed by atoms with Gasteiger partial charge in [0, 0.05) is 37.3 Å². The standard InChI is InChI=1S/C25H32N2O4/c1-17(14-18(2)28)19-6-8-21(9-7-19)30-22-11-13-27(16-22)20-10-12-26-25(15-20)31-24-5-3-4-23(24)29/h6-10,12,15,17,22-24,29H,3-5,11,13-14,16H2,1-2H3/t17-,22-,23-,24-/m1/s1. The van der Waals surface area contributed by atoms with Crippen molar-refractivity contribution in [2.24, 2.45) is 0 Å². The van der Waals surface area contributed by atoms with Crippen molar-refractivity contribution in [2.75, 3.05) is 18.0 Å². The van der Waals surface area contributed by atoms with Gasteiger partial charge in [-0.15, -0.1) is 0 Å². The first-order valence-electron chi connectivity index (χ1n) is 11.3. The second-order valence-electron chi connectivity index (χ2n) is 8.86. The monoisotopic (exact) mass is 424 g/mol. The van der Waals surface area contributed by atoms with Gasteiger partial charge >= 0.3 is 0 Å². The number of ketones is 1. The molecule has 31 heavy (non-hydrogen) atoms. The second-order valence-corrected chi connectivity index (χ2v) is 8.86. The van der Waals surface area contributed by atoms with Crippen LogP contribution in [0.2, 0.25) is 0 Å². The highest BCUT2D eigenvalue weighted by Gasteiger charge is 2.28. The molecule has 1 aliphatic carbocycles. The third-order valence-corrected chi connectivity index (χ3v) is 6.26. The van der Waals surface area contributed by atoms with Gasteiger partial charge in [0.05, 0.1) is 12.6 Å². The third kappa shape index (κ3) is 5.56. The number of pyridine rings is 1. The van der Waals surface area contributed by atoms with Crippen molar-refractivity contribution in [3.63, 3.8) is 0 Å². The Kier molecular flexibility index (Phi) is 6.76. The molecule has 1 saturated carbocycles. The molecular formula is C25H32N2O4. The SMILES string of the molecule is CC(=O)C[C@@H](C)c1ccc(O[C@@H]2CCN(c3ccnc(O[C@@H]4CCC[C@H]4O)c3)C2)cc1. The van der Waals surface area contributed by atoms with Gasteiger partial charge in [0.15, 0.2) is 0 Å². The van der Waals surface area contributed by atoms with E-state index in [1.807, 2.05) is 24.3 Å². The number of anilines is 1. The Morgan fingerprint density at radius 3 is 2.71 bits per heavy atom. The number of carbonyl (C=O) groups excluding carboxylic acids is 1. The molecule has 2 heterocycles. The molecule has 6 heteroatoms. The molecule has 0 spiro atoms. The molecule has 1 N–H and O–H groups in total. The van der Waals surface area contributed by atoms with Gasteiger partial charge in [-0.05, 0) is 55.9 Å². The maximum Gasteiger partial charge on any atom is 0.215 e. The molecule has 166 valence electrons. The van der Waals surface area contributed by atoms with Crippen LogP contribution in [0.1, 0.15) is 57.4 Å². The molecule has 0 radical (unpaired) electrons. The van der Waals surface area contributed by atoms with E-state index in [0.717, 1.165) is 55.8 Å². The highest BCUT2D eigenvalue weighted by atomic mass is 16.5. The number of ether oxygens (including phenoxy) is 2. The van der Waals surface area contributed by atoms with Crippen molar-refractivity contribution < 1.29 is 19.4 Å². The van der Waals surface area contributed by atoms with E-state index in [2.05, 4.69) is 28.9 Å².